The molecule has 0 aliphatic rings. The molecule has 2 N–H and O–H groups in total. The summed E-state index contributed by atoms with van der Waals surface area (Å²) in [6.45, 7) is 13.0. The number of anilines is 2. The SMILES string of the molecule is Cc1cc(C)c(NC(C)c2cccc(C(C)Nc3c(C(c4ccc(Cl)cc4)c4ccc(Cl)cc4)cc(C)cc3C(c3ccc(Cl)cc3)c3ccc(Cl)cc3)n2)c(C)c1. The number of halogens is 4. The first-order chi connectivity index (χ1) is 27.8. The van der Waals surface area contributed by atoms with Crippen LogP contribution in [0.15, 0.2) is 140 Å². The molecule has 1 heterocycles. The minimum absolute atomic E-state index is 0.0175. The zero-order valence-electron chi connectivity index (χ0n) is 33.5. The fourth-order valence-corrected chi connectivity index (χ4v) is 8.63. The van der Waals surface area contributed by atoms with Crippen LogP contribution in [0, 0.1) is 27.7 Å². The van der Waals surface area contributed by atoms with Crippen LogP contribution in [-0.4, -0.2) is 4.98 Å². The Kier molecular flexibility index (Phi) is 12.9. The molecule has 0 aliphatic carbocycles. The number of aryl methyl sites for hydroxylation is 4. The van der Waals surface area contributed by atoms with Gasteiger partial charge in [-0.3, -0.25) is 4.98 Å². The Bertz CT molecular complexity index is 2280. The van der Waals surface area contributed by atoms with Crippen LogP contribution in [-0.2, 0) is 0 Å². The Balaban J connectivity index is 1.40. The molecule has 0 radical (unpaired) electrons. The number of hydrogen-bond acceptors (Lipinski definition) is 3. The molecule has 0 saturated heterocycles. The summed E-state index contributed by atoms with van der Waals surface area (Å²) in [4.78, 5) is 5.30. The first kappa shape index (κ1) is 41.4. The van der Waals surface area contributed by atoms with Gasteiger partial charge in [-0.1, -0.05) is 136 Å². The number of hydrogen-bond donors (Lipinski definition) is 2. The molecule has 0 spiro atoms. The minimum Gasteiger partial charge on any atom is -0.377 e. The fourth-order valence-electron chi connectivity index (χ4n) is 8.13. The lowest BCUT2D eigenvalue weighted by Crippen LogP contribution is -2.18. The standard InChI is InChI=1S/C51H47Cl4N3/c1-30-26-32(3)50(33(4)27-30)56-34(5)46-8-7-9-47(58-46)35(6)57-51-44(48(36-10-18-40(52)19-11-36)37-12-20-41(53)21-13-37)28-31(2)29-45(51)49(38-14-22-42(54)23-15-38)39-16-24-43(55)25-17-39/h7-29,34-35,48-49,56-57H,1-6H3. The number of nitrogens with zero attached hydrogens (tertiary/aromatic N) is 1. The summed E-state index contributed by atoms with van der Waals surface area (Å²) in [5, 5.41) is 10.6. The summed E-state index contributed by atoms with van der Waals surface area (Å²) >= 11 is 26.0. The molecule has 58 heavy (non-hydrogen) atoms. The van der Waals surface area contributed by atoms with Crippen LogP contribution >= 0.6 is 46.4 Å². The lowest BCUT2D eigenvalue weighted by Gasteiger charge is -2.31. The molecule has 7 aromatic rings. The second-order valence-electron chi connectivity index (χ2n) is 15.4. The second kappa shape index (κ2) is 18.0. The molecule has 7 heteroatoms. The molecule has 0 aliphatic heterocycles. The van der Waals surface area contributed by atoms with Crippen LogP contribution < -0.4 is 10.6 Å². The normalized spacial score (nSPS) is 12.5. The Hall–Kier alpha value is -4.77. The second-order valence-corrected chi connectivity index (χ2v) is 17.1. The van der Waals surface area contributed by atoms with Crippen molar-refractivity contribution < 1.29 is 0 Å². The molecule has 0 saturated carbocycles. The van der Waals surface area contributed by atoms with Crippen LogP contribution in [0.3, 0.4) is 0 Å². The van der Waals surface area contributed by atoms with Gasteiger partial charge >= 0.3 is 0 Å². The van der Waals surface area contributed by atoms with Gasteiger partial charge in [0.15, 0.2) is 0 Å². The fraction of sp³-hybridized carbons (Fsp3) is 0.196. The highest BCUT2D eigenvalue weighted by molar-refractivity contribution is 6.31. The smallest absolute Gasteiger partial charge is 0.0657 e. The van der Waals surface area contributed by atoms with Gasteiger partial charge in [0.05, 0.1) is 23.5 Å². The zero-order chi connectivity index (χ0) is 41.1. The van der Waals surface area contributed by atoms with Crippen molar-refractivity contribution >= 4 is 57.8 Å². The number of benzene rings is 6. The van der Waals surface area contributed by atoms with Crippen LogP contribution in [0.1, 0.15) is 105 Å². The van der Waals surface area contributed by atoms with Crippen molar-refractivity contribution in [3.8, 4) is 0 Å². The third-order valence-corrected chi connectivity index (χ3v) is 11.9. The van der Waals surface area contributed by atoms with Crippen molar-refractivity contribution in [1.82, 2.24) is 4.98 Å². The summed E-state index contributed by atoms with van der Waals surface area (Å²) < 4.78 is 0. The van der Waals surface area contributed by atoms with Gasteiger partial charge in [-0.2, -0.15) is 0 Å². The predicted octanol–water partition coefficient (Wildman–Crippen LogP) is 15.6. The molecule has 2 atom stereocenters. The maximum atomic E-state index is 6.49. The molecule has 7 rings (SSSR count). The third kappa shape index (κ3) is 9.41. The Morgan fingerprint density at radius 1 is 0.414 bits per heavy atom. The topological polar surface area (TPSA) is 37.0 Å². The van der Waals surface area contributed by atoms with Gasteiger partial charge in [0.1, 0.15) is 0 Å². The highest BCUT2D eigenvalue weighted by Gasteiger charge is 2.29. The van der Waals surface area contributed by atoms with Gasteiger partial charge in [0.2, 0.25) is 0 Å². The number of nitrogens with one attached hydrogen (secondary N) is 2. The third-order valence-electron chi connectivity index (χ3n) is 10.9. The Morgan fingerprint density at radius 2 is 0.724 bits per heavy atom. The molecule has 2 unspecified atom stereocenters. The van der Waals surface area contributed by atoms with Gasteiger partial charge in [-0.05, 0) is 147 Å². The summed E-state index contributed by atoms with van der Waals surface area (Å²) in [6.07, 6.45) is 0. The molecule has 294 valence electrons. The average Bonchev–Trinajstić information content (AvgIpc) is 3.20. The molecule has 6 aromatic carbocycles. The van der Waals surface area contributed by atoms with Gasteiger partial charge in [-0.25, -0.2) is 0 Å². The quantitative estimate of drug-likeness (QED) is 0.120. The highest BCUT2D eigenvalue weighted by atomic mass is 35.5. The molecule has 0 bridgehead atoms. The monoisotopic (exact) mass is 841 g/mol. The van der Waals surface area contributed by atoms with E-state index in [4.69, 9.17) is 51.4 Å². The number of rotatable bonds is 12. The van der Waals surface area contributed by atoms with Crippen molar-refractivity contribution in [3.05, 3.63) is 227 Å². The van der Waals surface area contributed by atoms with Gasteiger partial charge in [0, 0.05) is 43.3 Å². The van der Waals surface area contributed by atoms with Crippen LogP contribution in [0.5, 0.6) is 0 Å². The van der Waals surface area contributed by atoms with Crippen LogP contribution in [0.4, 0.5) is 11.4 Å². The maximum absolute atomic E-state index is 6.49. The zero-order valence-corrected chi connectivity index (χ0v) is 36.6. The first-order valence-electron chi connectivity index (χ1n) is 19.6. The lowest BCUT2D eigenvalue weighted by atomic mass is 9.78. The van der Waals surface area contributed by atoms with E-state index >= 15 is 0 Å². The lowest BCUT2D eigenvalue weighted by molar-refractivity contribution is 0.775. The van der Waals surface area contributed by atoms with E-state index in [1.165, 1.54) is 16.7 Å². The van der Waals surface area contributed by atoms with E-state index in [2.05, 4.69) is 143 Å². The van der Waals surface area contributed by atoms with Gasteiger partial charge < -0.3 is 10.6 Å². The minimum atomic E-state index is -0.178. The van der Waals surface area contributed by atoms with Gasteiger partial charge in [0.25, 0.3) is 0 Å². The number of pyridine rings is 1. The van der Waals surface area contributed by atoms with Crippen molar-refractivity contribution in [2.75, 3.05) is 10.6 Å². The summed E-state index contributed by atoms with van der Waals surface area (Å²) in [5.41, 5.74) is 15.6. The van der Waals surface area contributed by atoms with Crippen molar-refractivity contribution in [2.45, 2.75) is 65.5 Å². The van der Waals surface area contributed by atoms with E-state index in [1.807, 2.05) is 48.5 Å². The Labute approximate surface area is 363 Å². The summed E-state index contributed by atoms with van der Waals surface area (Å²) in [7, 11) is 0. The van der Waals surface area contributed by atoms with E-state index in [-0.39, 0.29) is 23.9 Å². The average molecular weight is 844 g/mol. The van der Waals surface area contributed by atoms with Crippen molar-refractivity contribution in [2.24, 2.45) is 0 Å². The van der Waals surface area contributed by atoms with E-state index < -0.39 is 0 Å². The van der Waals surface area contributed by atoms with E-state index in [0.29, 0.717) is 20.1 Å². The van der Waals surface area contributed by atoms with Crippen LogP contribution in [0.25, 0.3) is 0 Å². The van der Waals surface area contributed by atoms with Crippen LogP contribution in [0.2, 0.25) is 20.1 Å². The van der Waals surface area contributed by atoms with E-state index in [0.717, 1.165) is 61.7 Å². The molecule has 1 aromatic heterocycles. The van der Waals surface area contributed by atoms with Gasteiger partial charge in [-0.15, -0.1) is 0 Å². The van der Waals surface area contributed by atoms with Crippen molar-refractivity contribution in [1.29, 1.82) is 0 Å². The predicted molar refractivity (Wildman–Crippen MR) is 248 cm³/mol. The summed E-state index contributed by atoms with van der Waals surface area (Å²) in [6, 6.07) is 47.7. The largest absolute Gasteiger partial charge is 0.377 e. The Morgan fingerprint density at radius 3 is 1.07 bits per heavy atom. The number of aromatic nitrogens is 1. The van der Waals surface area contributed by atoms with E-state index in [1.54, 1.807) is 0 Å². The highest BCUT2D eigenvalue weighted by Crippen LogP contribution is 2.46. The van der Waals surface area contributed by atoms with Crippen molar-refractivity contribution in [3.63, 3.8) is 0 Å². The maximum Gasteiger partial charge on any atom is 0.0657 e. The molecule has 0 fully saturated rings. The molecule has 3 nitrogen and oxygen atoms in total. The van der Waals surface area contributed by atoms with E-state index in [9.17, 15) is 0 Å². The summed E-state index contributed by atoms with van der Waals surface area (Å²) in [5.74, 6) is -0.327. The molecular formula is C51H47Cl4N3. The molecular weight excluding hydrogens is 796 g/mol. The first-order valence-corrected chi connectivity index (χ1v) is 21.1. The molecule has 0 amide bonds.